The van der Waals surface area contributed by atoms with Crippen LogP contribution in [0.15, 0.2) is 47.4 Å². The Morgan fingerprint density at radius 1 is 1.14 bits per heavy atom. The summed E-state index contributed by atoms with van der Waals surface area (Å²) < 4.78 is 1.12. The van der Waals surface area contributed by atoms with Crippen molar-refractivity contribution in [3.05, 3.63) is 57.2 Å². The Bertz CT molecular complexity index is 672. The smallest absolute Gasteiger partial charge is 0.234 e. The van der Waals surface area contributed by atoms with Gasteiger partial charge in [0.25, 0.3) is 0 Å². The van der Waals surface area contributed by atoms with Crippen LogP contribution in [0.4, 0.5) is 5.69 Å². The fraction of sp³-hybridized carbons (Fsp3) is 0.235. The van der Waals surface area contributed by atoms with Crippen molar-refractivity contribution in [2.45, 2.75) is 24.2 Å². The van der Waals surface area contributed by atoms with E-state index >= 15 is 0 Å². The first kappa shape index (κ1) is 14.9. The fourth-order valence-corrected chi connectivity index (χ4v) is 3.85. The molecule has 1 aliphatic rings. The van der Waals surface area contributed by atoms with E-state index in [2.05, 4.69) is 46.1 Å². The van der Waals surface area contributed by atoms with E-state index in [9.17, 15) is 4.79 Å². The summed E-state index contributed by atoms with van der Waals surface area (Å²) in [6.07, 6.45) is 3.64. The van der Waals surface area contributed by atoms with Gasteiger partial charge in [-0.05, 0) is 83.3 Å². The number of rotatable bonds is 4. The molecule has 4 heteroatoms. The number of carbonyl (C=O) groups is 1. The van der Waals surface area contributed by atoms with Crippen LogP contribution in [0, 0.1) is 3.57 Å². The van der Waals surface area contributed by atoms with Gasteiger partial charge in [0.2, 0.25) is 5.91 Å². The van der Waals surface area contributed by atoms with Gasteiger partial charge in [-0.15, -0.1) is 11.8 Å². The van der Waals surface area contributed by atoms with Gasteiger partial charge in [-0.2, -0.15) is 0 Å². The number of hydrogen-bond acceptors (Lipinski definition) is 2. The maximum Gasteiger partial charge on any atom is 0.234 e. The molecule has 0 fully saturated rings. The molecule has 0 atom stereocenters. The summed E-state index contributed by atoms with van der Waals surface area (Å²) in [7, 11) is 0. The predicted octanol–water partition coefficient (Wildman–Crippen LogP) is 4.51. The largest absolute Gasteiger partial charge is 0.325 e. The maximum absolute atomic E-state index is 12.0. The first-order chi connectivity index (χ1) is 10.2. The monoisotopic (exact) mass is 409 g/mol. The summed E-state index contributed by atoms with van der Waals surface area (Å²) in [5.41, 5.74) is 3.79. The van der Waals surface area contributed by atoms with Crippen LogP contribution in [0.2, 0.25) is 0 Å². The second-order valence-electron chi connectivity index (χ2n) is 5.13. The van der Waals surface area contributed by atoms with Gasteiger partial charge in [0.05, 0.1) is 5.75 Å². The Labute approximate surface area is 142 Å². The molecule has 0 radical (unpaired) electrons. The molecule has 0 unspecified atom stereocenters. The lowest BCUT2D eigenvalue weighted by Gasteiger charge is -2.07. The van der Waals surface area contributed by atoms with Crippen molar-refractivity contribution in [3.8, 4) is 0 Å². The second kappa shape index (κ2) is 6.83. The number of benzene rings is 2. The average molecular weight is 409 g/mol. The molecule has 0 aromatic heterocycles. The molecule has 0 saturated carbocycles. The van der Waals surface area contributed by atoms with Gasteiger partial charge >= 0.3 is 0 Å². The van der Waals surface area contributed by atoms with E-state index in [0.29, 0.717) is 5.75 Å². The molecule has 0 heterocycles. The van der Waals surface area contributed by atoms with Crippen LogP contribution in [-0.4, -0.2) is 11.7 Å². The molecular weight excluding hydrogens is 393 g/mol. The first-order valence-corrected chi connectivity index (χ1v) is 9.07. The molecule has 1 N–H and O–H groups in total. The van der Waals surface area contributed by atoms with E-state index in [1.807, 2.05) is 24.3 Å². The molecule has 2 aromatic rings. The SMILES string of the molecule is O=C(CSc1ccc2c(c1)CCC2)Nc1cccc(I)c1. The Morgan fingerprint density at radius 2 is 2.00 bits per heavy atom. The minimum absolute atomic E-state index is 0.0440. The highest BCUT2D eigenvalue weighted by molar-refractivity contribution is 14.1. The van der Waals surface area contributed by atoms with Crippen LogP contribution in [0.1, 0.15) is 17.5 Å². The first-order valence-electron chi connectivity index (χ1n) is 7.01. The van der Waals surface area contributed by atoms with Gasteiger partial charge < -0.3 is 5.32 Å². The fourth-order valence-electron chi connectivity index (χ4n) is 2.55. The molecule has 3 rings (SSSR count). The molecule has 0 bridgehead atoms. The predicted molar refractivity (Wildman–Crippen MR) is 97.0 cm³/mol. The minimum Gasteiger partial charge on any atom is -0.325 e. The molecule has 21 heavy (non-hydrogen) atoms. The summed E-state index contributed by atoms with van der Waals surface area (Å²) >= 11 is 3.85. The summed E-state index contributed by atoms with van der Waals surface area (Å²) in [6.45, 7) is 0. The Morgan fingerprint density at radius 3 is 2.86 bits per heavy atom. The molecule has 1 aliphatic carbocycles. The number of nitrogens with one attached hydrogen (secondary N) is 1. The minimum atomic E-state index is 0.0440. The lowest BCUT2D eigenvalue weighted by Crippen LogP contribution is -2.13. The number of fused-ring (bicyclic) bond motifs is 1. The van der Waals surface area contributed by atoms with Crippen LogP contribution < -0.4 is 5.32 Å². The van der Waals surface area contributed by atoms with Crippen molar-refractivity contribution in [3.63, 3.8) is 0 Å². The number of anilines is 1. The third kappa shape index (κ3) is 4.01. The van der Waals surface area contributed by atoms with E-state index in [4.69, 9.17) is 0 Å². The van der Waals surface area contributed by atoms with E-state index < -0.39 is 0 Å². The van der Waals surface area contributed by atoms with Gasteiger partial charge in [0.1, 0.15) is 0 Å². The van der Waals surface area contributed by atoms with Gasteiger partial charge in [-0.25, -0.2) is 0 Å². The zero-order valence-corrected chi connectivity index (χ0v) is 14.5. The van der Waals surface area contributed by atoms with Crippen LogP contribution in [0.25, 0.3) is 0 Å². The Kier molecular flexibility index (Phi) is 4.85. The third-order valence-electron chi connectivity index (χ3n) is 3.55. The van der Waals surface area contributed by atoms with Crippen LogP contribution >= 0.6 is 34.4 Å². The number of halogens is 1. The second-order valence-corrected chi connectivity index (χ2v) is 7.43. The zero-order valence-electron chi connectivity index (χ0n) is 11.6. The molecule has 1 amide bonds. The molecular formula is C17H16INOS. The Balaban J connectivity index is 1.56. The number of hydrogen-bond donors (Lipinski definition) is 1. The summed E-state index contributed by atoms with van der Waals surface area (Å²) in [5.74, 6) is 0.493. The van der Waals surface area contributed by atoms with Gasteiger partial charge in [0.15, 0.2) is 0 Å². The highest BCUT2D eigenvalue weighted by atomic mass is 127. The van der Waals surface area contributed by atoms with E-state index in [-0.39, 0.29) is 5.91 Å². The Hall–Kier alpha value is -1.01. The molecule has 108 valence electrons. The molecule has 0 aliphatic heterocycles. The highest BCUT2D eigenvalue weighted by Gasteiger charge is 2.11. The van der Waals surface area contributed by atoms with Crippen molar-refractivity contribution in [2.24, 2.45) is 0 Å². The van der Waals surface area contributed by atoms with Crippen molar-refractivity contribution >= 4 is 45.9 Å². The average Bonchev–Trinajstić information content (AvgIpc) is 2.92. The molecule has 2 nitrogen and oxygen atoms in total. The van der Waals surface area contributed by atoms with Crippen molar-refractivity contribution < 1.29 is 4.79 Å². The normalized spacial score (nSPS) is 13.0. The van der Waals surface area contributed by atoms with Crippen LogP contribution in [-0.2, 0) is 17.6 Å². The number of aryl methyl sites for hydroxylation is 2. The number of thioether (sulfide) groups is 1. The van der Waals surface area contributed by atoms with E-state index in [1.165, 1.54) is 35.3 Å². The van der Waals surface area contributed by atoms with E-state index in [0.717, 1.165) is 9.26 Å². The number of amides is 1. The topological polar surface area (TPSA) is 29.1 Å². The van der Waals surface area contributed by atoms with Crippen LogP contribution in [0.3, 0.4) is 0 Å². The summed E-state index contributed by atoms with van der Waals surface area (Å²) in [5, 5.41) is 2.94. The molecule has 0 spiro atoms. The van der Waals surface area contributed by atoms with Gasteiger partial charge in [0, 0.05) is 14.2 Å². The van der Waals surface area contributed by atoms with Crippen LogP contribution in [0.5, 0.6) is 0 Å². The number of carbonyl (C=O) groups excluding carboxylic acids is 1. The highest BCUT2D eigenvalue weighted by Crippen LogP contribution is 2.27. The standard InChI is InChI=1S/C17H16INOS/c18-14-5-2-6-15(10-14)19-17(20)11-21-16-8-7-12-3-1-4-13(12)9-16/h2,5-10H,1,3-4,11H2,(H,19,20). The van der Waals surface area contributed by atoms with Crippen molar-refractivity contribution in [1.29, 1.82) is 0 Å². The lowest BCUT2D eigenvalue weighted by molar-refractivity contribution is -0.113. The molecule has 2 aromatic carbocycles. The lowest BCUT2D eigenvalue weighted by atomic mass is 10.1. The molecule has 0 saturated heterocycles. The van der Waals surface area contributed by atoms with E-state index in [1.54, 1.807) is 11.8 Å². The zero-order chi connectivity index (χ0) is 14.7. The maximum atomic E-state index is 12.0. The third-order valence-corrected chi connectivity index (χ3v) is 5.21. The van der Waals surface area contributed by atoms with Gasteiger partial charge in [-0.1, -0.05) is 12.1 Å². The summed E-state index contributed by atoms with van der Waals surface area (Å²) in [4.78, 5) is 13.2. The van der Waals surface area contributed by atoms with Crippen molar-refractivity contribution in [1.82, 2.24) is 0 Å². The van der Waals surface area contributed by atoms with Gasteiger partial charge in [-0.3, -0.25) is 4.79 Å². The summed E-state index contributed by atoms with van der Waals surface area (Å²) in [6, 6.07) is 14.4. The van der Waals surface area contributed by atoms with Crippen molar-refractivity contribution in [2.75, 3.05) is 11.1 Å². The quantitative estimate of drug-likeness (QED) is 0.595.